The molecule has 4 nitrogen and oxygen atoms in total. The van der Waals surface area contributed by atoms with Crippen molar-refractivity contribution in [3.63, 3.8) is 0 Å². The molecule has 4 fully saturated rings. The van der Waals surface area contributed by atoms with Crippen molar-refractivity contribution < 1.29 is 65.1 Å². The van der Waals surface area contributed by atoms with E-state index in [2.05, 4.69) is 0 Å². The molecule has 17 heteroatoms. The highest BCUT2D eigenvalue weighted by atomic mass is 32.3. The lowest BCUT2D eigenvalue weighted by Gasteiger charge is -2.58. The van der Waals surface area contributed by atoms with E-state index in [1.165, 1.54) is 0 Å². The Labute approximate surface area is 213 Å². The third kappa shape index (κ3) is 3.66. The summed E-state index contributed by atoms with van der Waals surface area (Å²) in [6, 6.07) is 0. The molecule has 1 aromatic rings. The zero-order valence-corrected chi connectivity index (χ0v) is 20.7. The second-order valence-corrected chi connectivity index (χ2v) is 14.9. The van der Waals surface area contributed by atoms with Gasteiger partial charge in [0.1, 0.15) is 5.67 Å². The molecule has 0 aromatic heterocycles. The lowest BCUT2D eigenvalue weighted by Crippen LogP contribution is -2.61. The highest BCUT2D eigenvalue weighted by Crippen LogP contribution is 2.64. The van der Waals surface area contributed by atoms with Gasteiger partial charge in [0, 0.05) is 12.0 Å². The van der Waals surface area contributed by atoms with Crippen molar-refractivity contribution in [3.05, 3.63) is 50.0 Å². The Balaban J connectivity index is 1.89. The monoisotopic (exact) mass is 616 g/mol. The predicted octanol–water partition coefficient (Wildman–Crippen LogP) is 6.50. The van der Waals surface area contributed by atoms with Gasteiger partial charge in [-0.2, -0.15) is 13.2 Å². The maximum absolute atomic E-state index is 15.6. The van der Waals surface area contributed by atoms with Gasteiger partial charge in [-0.05, 0) is 43.9 Å². The van der Waals surface area contributed by atoms with Crippen LogP contribution < -0.4 is 0 Å². The molecule has 216 valence electrons. The molecule has 1 aromatic carbocycles. The number of rotatable bonds is 3. The molecular formula is C22H15F11O4S2. The van der Waals surface area contributed by atoms with Crippen molar-refractivity contribution >= 4 is 25.5 Å². The first kappa shape index (κ1) is 28.4. The maximum Gasteiger partial charge on any atom is 0.502 e. The van der Waals surface area contributed by atoms with Crippen LogP contribution in [0.2, 0.25) is 0 Å². The average molecular weight is 616 g/mol. The van der Waals surface area contributed by atoms with Crippen molar-refractivity contribution in [1.29, 1.82) is 0 Å². The summed E-state index contributed by atoms with van der Waals surface area (Å²) in [5, 5.41) is 0. The van der Waals surface area contributed by atoms with Crippen LogP contribution >= 0.6 is 0 Å². The lowest BCUT2D eigenvalue weighted by atomic mass is 9.54. The Hall–Kier alpha value is -2.17. The van der Waals surface area contributed by atoms with E-state index in [0.717, 1.165) is 0 Å². The second-order valence-electron chi connectivity index (χ2n) is 10.5. The molecule has 5 aliphatic carbocycles. The van der Waals surface area contributed by atoms with Crippen LogP contribution in [0, 0.1) is 35.1 Å². The Bertz CT molecular complexity index is 1580. The zero-order valence-electron chi connectivity index (χ0n) is 19.1. The van der Waals surface area contributed by atoms with E-state index >= 15 is 13.2 Å². The van der Waals surface area contributed by atoms with E-state index < -0.39 is 129 Å². The van der Waals surface area contributed by atoms with Gasteiger partial charge in [-0.3, -0.25) is 0 Å². The number of hydrogen-bond donors (Lipinski definition) is 0. The van der Waals surface area contributed by atoms with Gasteiger partial charge in [-0.15, -0.1) is 0 Å². The number of fused-ring (bicyclic) bond motifs is 1. The number of hydrogen-bond acceptors (Lipinski definition) is 4. The van der Waals surface area contributed by atoms with Crippen molar-refractivity contribution in [2.75, 3.05) is 0 Å². The van der Waals surface area contributed by atoms with Crippen molar-refractivity contribution in [2.45, 2.75) is 60.6 Å². The summed E-state index contributed by atoms with van der Waals surface area (Å²) in [5.41, 5.74) is -16.1. The summed E-state index contributed by atoms with van der Waals surface area (Å²) < 4.78 is 206. The first-order valence-corrected chi connectivity index (χ1v) is 14.2. The standard InChI is InChI=1S/C22H15F11O4S2/c23-12-9-10(15(26)18(29)17(28)14(9)25)13(24)16(27)11(12)19(39(36,37)22(31,32)33)38(34,35)21-4-7-1-8(5-21)3-20(30,2-7)6-21/h7-8,12H,1-6H2. The van der Waals surface area contributed by atoms with E-state index in [-0.39, 0.29) is 19.3 Å². The third-order valence-corrected chi connectivity index (χ3v) is 12.9. The summed E-state index contributed by atoms with van der Waals surface area (Å²) in [6.07, 6.45) is -6.44. The number of alkyl halides is 5. The fraction of sp³-hybridized carbons (Fsp3) is 0.545. The molecule has 0 saturated heterocycles. The molecule has 39 heavy (non-hydrogen) atoms. The first-order chi connectivity index (χ1) is 17.7. The number of sulfone groups is 2. The van der Waals surface area contributed by atoms with Gasteiger partial charge in [-0.25, -0.2) is 52.0 Å². The van der Waals surface area contributed by atoms with Crippen molar-refractivity contribution in [3.8, 4) is 0 Å². The highest BCUT2D eigenvalue weighted by molar-refractivity contribution is 8.15. The molecule has 3 unspecified atom stereocenters. The van der Waals surface area contributed by atoms with Gasteiger partial charge >= 0.3 is 5.51 Å². The van der Waals surface area contributed by atoms with E-state index in [9.17, 15) is 52.0 Å². The molecule has 0 spiro atoms. The Morgan fingerprint density at radius 3 is 1.77 bits per heavy atom. The van der Waals surface area contributed by atoms with Crippen LogP contribution in [0.3, 0.4) is 0 Å². The molecule has 0 radical (unpaired) electrons. The highest BCUT2D eigenvalue weighted by Gasteiger charge is 2.67. The molecule has 4 saturated carbocycles. The molecule has 0 N–H and O–H groups in total. The summed E-state index contributed by atoms with van der Waals surface area (Å²) in [5.74, 6) is -18.4. The number of benzene rings is 1. The van der Waals surface area contributed by atoms with Crippen LogP contribution in [0.1, 0.15) is 55.8 Å². The van der Waals surface area contributed by atoms with Crippen LogP contribution in [0.5, 0.6) is 0 Å². The van der Waals surface area contributed by atoms with Gasteiger partial charge in [0.05, 0.1) is 15.9 Å². The number of allylic oxidation sites excluding steroid dienone is 2. The summed E-state index contributed by atoms with van der Waals surface area (Å²) in [7, 11) is -13.5. The second kappa shape index (κ2) is 8.19. The van der Waals surface area contributed by atoms with Gasteiger partial charge in [0.15, 0.2) is 55.2 Å². The summed E-state index contributed by atoms with van der Waals surface area (Å²) in [4.78, 5) is 0. The molecule has 4 bridgehead atoms. The SMILES string of the molecule is O=S(=O)(C(=C1C(F)=C(F)c2c(F)c(F)c(F)c(F)c2C1F)S(=O)(=O)C12CC3CC(CC(F)(C3)C1)C2)C(F)(F)F. The normalized spacial score (nSPS) is 34.0. The average Bonchev–Trinajstić information content (AvgIpc) is 2.78. The minimum absolute atomic E-state index is 0.198. The Kier molecular flexibility index (Phi) is 5.96. The Morgan fingerprint density at radius 2 is 1.28 bits per heavy atom. The largest absolute Gasteiger partial charge is 0.502 e. The van der Waals surface area contributed by atoms with E-state index in [0.29, 0.717) is 0 Å². The maximum atomic E-state index is 15.6. The fourth-order valence-corrected chi connectivity index (χ4v) is 11.8. The fourth-order valence-electron chi connectivity index (χ4n) is 6.90. The van der Waals surface area contributed by atoms with Crippen molar-refractivity contribution in [1.82, 2.24) is 0 Å². The number of halogens is 11. The van der Waals surface area contributed by atoms with Crippen LogP contribution in [-0.4, -0.2) is 32.8 Å². The summed E-state index contributed by atoms with van der Waals surface area (Å²) >= 11 is 0. The molecule has 0 aliphatic heterocycles. The molecule has 0 amide bonds. The summed E-state index contributed by atoms with van der Waals surface area (Å²) in [6.45, 7) is 0. The van der Waals surface area contributed by atoms with Gasteiger partial charge < -0.3 is 0 Å². The van der Waals surface area contributed by atoms with E-state index in [4.69, 9.17) is 0 Å². The minimum Gasteiger partial charge on any atom is -0.244 e. The third-order valence-electron chi connectivity index (χ3n) is 7.98. The lowest BCUT2D eigenvalue weighted by molar-refractivity contribution is -0.0620. The predicted molar refractivity (Wildman–Crippen MR) is 111 cm³/mol. The van der Waals surface area contributed by atoms with Gasteiger partial charge in [0.2, 0.25) is 0 Å². The molecule has 5 aliphatic rings. The molecular weight excluding hydrogens is 601 g/mol. The van der Waals surface area contributed by atoms with E-state index in [1.54, 1.807) is 0 Å². The van der Waals surface area contributed by atoms with Crippen LogP contribution in [0.25, 0.3) is 5.83 Å². The molecule has 3 atom stereocenters. The molecule has 6 rings (SSSR count). The quantitative estimate of drug-likeness (QED) is 0.221. The minimum atomic E-state index is -7.34. The smallest absolute Gasteiger partial charge is 0.244 e. The topological polar surface area (TPSA) is 68.3 Å². The first-order valence-electron chi connectivity index (χ1n) is 11.2. The van der Waals surface area contributed by atoms with Crippen LogP contribution in [0.4, 0.5) is 48.3 Å². The molecule has 0 heterocycles. The van der Waals surface area contributed by atoms with Crippen LogP contribution in [-0.2, 0) is 19.7 Å². The zero-order chi connectivity index (χ0) is 29.2. The van der Waals surface area contributed by atoms with Crippen molar-refractivity contribution in [2.24, 2.45) is 11.8 Å². The Morgan fingerprint density at radius 1 is 0.769 bits per heavy atom. The van der Waals surface area contributed by atoms with Crippen LogP contribution in [0.15, 0.2) is 15.6 Å². The van der Waals surface area contributed by atoms with Gasteiger partial charge in [0.25, 0.3) is 9.84 Å². The van der Waals surface area contributed by atoms with E-state index in [1.807, 2.05) is 0 Å². The van der Waals surface area contributed by atoms with Gasteiger partial charge in [-0.1, -0.05) is 0 Å².